The molecule has 1 saturated carbocycles. The summed E-state index contributed by atoms with van der Waals surface area (Å²) in [5.74, 6) is -0.657. The summed E-state index contributed by atoms with van der Waals surface area (Å²) in [6.45, 7) is 2.38. The molecule has 0 bridgehead atoms. The molecular formula is C26H24N6O2. The number of aryl methyl sites for hydroxylation is 1. The zero-order valence-corrected chi connectivity index (χ0v) is 18.7. The minimum absolute atomic E-state index is 0.0965. The van der Waals surface area contributed by atoms with Crippen molar-refractivity contribution in [2.75, 3.05) is 11.1 Å². The maximum absolute atomic E-state index is 13.0. The Morgan fingerprint density at radius 3 is 2.65 bits per heavy atom. The van der Waals surface area contributed by atoms with E-state index < -0.39 is 11.8 Å². The van der Waals surface area contributed by atoms with Gasteiger partial charge in [-0.25, -0.2) is 9.97 Å². The highest BCUT2D eigenvalue weighted by Gasteiger charge is 2.35. The van der Waals surface area contributed by atoms with Gasteiger partial charge in [0.15, 0.2) is 0 Å². The third-order valence-corrected chi connectivity index (χ3v) is 5.94. The average molecular weight is 453 g/mol. The van der Waals surface area contributed by atoms with Crippen molar-refractivity contribution in [1.82, 2.24) is 19.9 Å². The number of fused-ring (bicyclic) bond motifs is 1. The van der Waals surface area contributed by atoms with E-state index in [1.165, 1.54) is 0 Å². The predicted molar refractivity (Wildman–Crippen MR) is 131 cm³/mol. The third kappa shape index (κ3) is 4.43. The van der Waals surface area contributed by atoms with E-state index in [1.54, 1.807) is 29.6 Å². The SMILES string of the molecule is Cc1ccncc1-c1cc2cc(NC(=O)C(=O)N(Cc3ccccc3)C3CC3)ncc2c(N)n1. The summed E-state index contributed by atoms with van der Waals surface area (Å²) in [5.41, 5.74) is 9.73. The van der Waals surface area contributed by atoms with Gasteiger partial charge in [0, 0.05) is 42.1 Å². The van der Waals surface area contributed by atoms with Crippen molar-refractivity contribution in [3.8, 4) is 11.3 Å². The van der Waals surface area contributed by atoms with E-state index in [4.69, 9.17) is 5.73 Å². The molecule has 3 N–H and O–H groups in total. The Kier molecular flexibility index (Phi) is 5.63. The van der Waals surface area contributed by atoms with Crippen molar-refractivity contribution in [2.45, 2.75) is 32.4 Å². The average Bonchev–Trinajstić information content (AvgIpc) is 3.68. The number of hydrogen-bond donors (Lipinski definition) is 2. The first-order valence-corrected chi connectivity index (χ1v) is 11.1. The number of anilines is 2. The lowest BCUT2D eigenvalue weighted by atomic mass is 10.1. The van der Waals surface area contributed by atoms with Crippen LogP contribution in [-0.2, 0) is 16.1 Å². The standard InChI is InChI=1S/C26H24N6O2/c1-16-9-10-28-13-20(16)22-11-18-12-23(29-14-21(18)24(27)30-22)31-25(33)26(34)32(19-7-8-19)15-17-5-3-2-4-6-17/h2-6,9-14,19H,7-8,15H2,1H3,(H2,27,30)(H,29,31,33). The number of benzene rings is 1. The molecule has 3 aromatic heterocycles. The van der Waals surface area contributed by atoms with Gasteiger partial charge in [-0.15, -0.1) is 0 Å². The number of nitrogen functional groups attached to an aromatic ring is 1. The molecule has 3 heterocycles. The van der Waals surface area contributed by atoms with Crippen LogP contribution in [0.3, 0.4) is 0 Å². The van der Waals surface area contributed by atoms with Gasteiger partial charge in [0.25, 0.3) is 0 Å². The molecule has 0 unspecified atom stereocenters. The normalized spacial score (nSPS) is 13.0. The van der Waals surface area contributed by atoms with Crippen molar-refractivity contribution in [2.24, 2.45) is 0 Å². The van der Waals surface area contributed by atoms with Crippen molar-refractivity contribution in [1.29, 1.82) is 0 Å². The highest BCUT2D eigenvalue weighted by atomic mass is 16.2. The van der Waals surface area contributed by atoms with Gasteiger partial charge in [0.05, 0.1) is 5.69 Å². The summed E-state index contributed by atoms with van der Waals surface area (Å²) in [5, 5.41) is 4.08. The molecule has 1 aliphatic carbocycles. The molecule has 4 aromatic rings. The molecule has 0 radical (unpaired) electrons. The minimum atomic E-state index is -0.708. The van der Waals surface area contributed by atoms with E-state index in [-0.39, 0.29) is 11.9 Å². The van der Waals surface area contributed by atoms with Crippen molar-refractivity contribution < 1.29 is 9.59 Å². The van der Waals surface area contributed by atoms with E-state index in [0.717, 1.165) is 34.9 Å². The summed E-state index contributed by atoms with van der Waals surface area (Å²) in [4.78, 5) is 40.4. The van der Waals surface area contributed by atoms with Crippen LogP contribution in [0.5, 0.6) is 0 Å². The maximum atomic E-state index is 13.0. The molecule has 0 aliphatic heterocycles. The smallest absolute Gasteiger partial charge is 0.315 e. The molecule has 8 heteroatoms. The number of nitrogens with two attached hydrogens (primary N) is 1. The molecule has 0 saturated heterocycles. The van der Waals surface area contributed by atoms with Crippen molar-refractivity contribution in [3.63, 3.8) is 0 Å². The Labute approximate surface area is 196 Å². The zero-order chi connectivity index (χ0) is 23.7. The zero-order valence-electron chi connectivity index (χ0n) is 18.7. The quantitative estimate of drug-likeness (QED) is 0.446. The third-order valence-electron chi connectivity index (χ3n) is 5.94. The van der Waals surface area contributed by atoms with Crippen LogP contribution in [0.25, 0.3) is 22.0 Å². The number of amides is 2. The first kappa shape index (κ1) is 21.5. The Bertz CT molecular complexity index is 1380. The Morgan fingerprint density at radius 2 is 1.91 bits per heavy atom. The van der Waals surface area contributed by atoms with E-state index >= 15 is 0 Å². The number of pyridine rings is 3. The van der Waals surface area contributed by atoms with E-state index in [9.17, 15) is 9.59 Å². The molecule has 1 fully saturated rings. The van der Waals surface area contributed by atoms with E-state index in [0.29, 0.717) is 23.4 Å². The maximum Gasteiger partial charge on any atom is 0.315 e. The minimum Gasteiger partial charge on any atom is -0.383 e. The molecule has 8 nitrogen and oxygen atoms in total. The monoisotopic (exact) mass is 452 g/mol. The number of aromatic nitrogens is 3. The number of carbonyl (C=O) groups is 2. The van der Waals surface area contributed by atoms with Gasteiger partial charge in [-0.1, -0.05) is 30.3 Å². The van der Waals surface area contributed by atoms with Gasteiger partial charge < -0.3 is 16.0 Å². The molecule has 1 aromatic carbocycles. The van der Waals surface area contributed by atoms with Crippen LogP contribution >= 0.6 is 0 Å². The van der Waals surface area contributed by atoms with Crippen LogP contribution in [0, 0.1) is 6.92 Å². The second-order valence-corrected chi connectivity index (χ2v) is 8.48. The highest BCUT2D eigenvalue weighted by Crippen LogP contribution is 2.30. The van der Waals surface area contributed by atoms with Crippen LogP contribution in [-0.4, -0.2) is 37.7 Å². The fraction of sp³-hybridized carbons (Fsp3) is 0.192. The molecule has 5 rings (SSSR count). The number of carbonyl (C=O) groups excluding carboxylic acids is 2. The second kappa shape index (κ2) is 8.90. The lowest BCUT2D eigenvalue weighted by Gasteiger charge is -2.21. The molecule has 2 amide bonds. The van der Waals surface area contributed by atoms with E-state index in [2.05, 4.69) is 20.3 Å². The number of rotatable bonds is 5. The summed E-state index contributed by atoms with van der Waals surface area (Å²) in [7, 11) is 0. The lowest BCUT2D eigenvalue weighted by Crippen LogP contribution is -2.40. The summed E-state index contributed by atoms with van der Waals surface area (Å²) in [6, 6.07) is 15.2. The van der Waals surface area contributed by atoms with Crippen LogP contribution in [0.2, 0.25) is 0 Å². The van der Waals surface area contributed by atoms with Gasteiger partial charge in [-0.05, 0) is 54.5 Å². The van der Waals surface area contributed by atoms with Crippen molar-refractivity contribution >= 4 is 34.2 Å². The lowest BCUT2D eigenvalue weighted by molar-refractivity contribution is -0.144. The Hall–Kier alpha value is -4.33. The summed E-state index contributed by atoms with van der Waals surface area (Å²) in [6.07, 6.45) is 6.83. The van der Waals surface area contributed by atoms with Gasteiger partial charge in [0.2, 0.25) is 0 Å². The largest absolute Gasteiger partial charge is 0.383 e. The summed E-state index contributed by atoms with van der Waals surface area (Å²) < 4.78 is 0. The number of nitrogens with zero attached hydrogens (tertiary/aromatic N) is 4. The Morgan fingerprint density at radius 1 is 1.12 bits per heavy atom. The van der Waals surface area contributed by atoms with Crippen LogP contribution in [0.1, 0.15) is 24.0 Å². The van der Waals surface area contributed by atoms with Crippen molar-refractivity contribution in [3.05, 3.63) is 78.2 Å². The molecule has 0 atom stereocenters. The Balaban J connectivity index is 1.39. The topological polar surface area (TPSA) is 114 Å². The molecule has 170 valence electrons. The van der Waals surface area contributed by atoms with Gasteiger partial charge in [0.1, 0.15) is 11.6 Å². The first-order chi connectivity index (χ1) is 16.5. The van der Waals surface area contributed by atoms with Gasteiger partial charge >= 0.3 is 11.8 Å². The molecular weight excluding hydrogens is 428 g/mol. The fourth-order valence-corrected chi connectivity index (χ4v) is 3.95. The first-order valence-electron chi connectivity index (χ1n) is 11.1. The van der Waals surface area contributed by atoms with E-state index in [1.807, 2.05) is 49.4 Å². The highest BCUT2D eigenvalue weighted by molar-refractivity contribution is 6.39. The summed E-state index contributed by atoms with van der Waals surface area (Å²) >= 11 is 0. The predicted octanol–water partition coefficient (Wildman–Crippen LogP) is 3.71. The van der Waals surface area contributed by atoms with Crippen LogP contribution < -0.4 is 11.1 Å². The number of nitrogens with one attached hydrogen (secondary N) is 1. The molecule has 34 heavy (non-hydrogen) atoms. The molecule has 0 spiro atoms. The van der Waals surface area contributed by atoms with Crippen LogP contribution in [0.15, 0.2) is 67.1 Å². The number of hydrogen-bond acceptors (Lipinski definition) is 6. The van der Waals surface area contributed by atoms with Gasteiger partial charge in [-0.3, -0.25) is 14.6 Å². The van der Waals surface area contributed by atoms with Gasteiger partial charge in [-0.2, -0.15) is 0 Å². The second-order valence-electron chi connectivity index (χ2n) is 8.48. The van der Waals surface area contributed by atoms with Crippen LogP contribution in [0.4, 0.5) is 11.6 Å². The molecule has 1 aliphatic rings. The fourth-order valence-electron chi connectivity index (χ4n) is 3.95.